The predicted molar refractivity (Wildman–Crippen MR) is 64.6 cm³/mol. The number of aliphatic hydroxyl groups is 1. The number of para-hydroxylation sites is 1. The Hall–Kier alpha value is -1.55. The van der Waals surface area contributed by atoms with Gasteiger partial charge in [-0.15, -0.1) is 0 Å². The molecular formula is C12H18N2O2. The van der Waals surface area contributed by atoms with Crippen LogP contribution in [-0.2, 0) is 0 Å². The van der Waals surface area contributed by atoms with Crippen LogP contribution in [0.3, 0.4) is 0 Å². The summed E-state index contributed by atoms with van der Waals surface area (Å²) in [5, 5.41) is 14.7. The Kier molecular flexibility index (Phi) is 4.79. The van der Waals surface area contributed by atoms with Crippen LogP contribution in [-0.4, -0.2) is 30.2 Å². The number of hydrogen-bond donors (Lipinski definition) is 3. The lowest BCUT2D eigenvalue weighted by atomic mass is 10.1. The summed E-state index contributed by atoms with van der Waals surface area (Å²) in [7, 11) is 0. The molecule has 4 heteroatoms. The lowest BCUT2D eigenvalue weighted by Crippen LogP contribution is -2.35. The molecule has 4 nitrogen and oxygen atoms in total. The first-order chi connectivity index (χ1) is 7.69. The van der Waals surface area contributed by atoms with Crippen LogP contribution >= 0.6 is 0 Å². The summed E-state index contributed by atoms with van der Waals surface area (Å²) >= 11 is 0. The van der Waals surface area contributed by atoms with E-state index in [-0.39, 0.29) is 18.6 Å². The Morgan fingerprint density at radius 3 is 2.75 bits per heavy atom. The van der Waals surface area contributed by atoms with Gasteiger partial charge >= 0.3 is 0 Å². The van der Waals surface area contributed by atoms with Crippen molar-refractivity contribution < 1.29 is 9.90 Å². The zero-order chi connectivity index (χ0) is 12.0. The fraction of sp³-hybridized carbons (Fsp3) is 0.417. The molecule has 0 aromatic heterocycles. The Morgan fingerprint density at radius 1 is 1.44 bits per heavy atom. The van der Waals surface area contributed by atoms with Crippen molar-refractivity contribution in [3.05, 3.63) is 29.8 Å². The first-order valence-corrected chi connectivity index (χ1v) is 5.43. The lowest BCUT2D eigenvalue weighted by Gasteiger charge is -2.13. The fourth-order valence-corrected chi connectivity index (χ4v) is 1.37. The van der Waals surface area contributed by atoms with Crippen molar-refractivity contribution in [3.63, 3.8) is 0 Å². The molecule has 1 rings (SSSR count). The summed E-state index contributed by atoms with van der Waals surface area (Å²) in [6, 6.07) is 7.09. The van der Waals surface area contributed by atoms with Crippen LogP contribution in [0.1, 0.15) is 24.2 Å². The minimum absolute atomic E-state index is 0.0604. The molecule has 0 saturated carbocycles. The summed E-state index contributed by atoms with van der Waals surface area (Å²) < 4.78 is 0. The van der Waals surface area contributed by atoms with Crippen LogP contribution in [0, 0.1) is 0 Å². The highest BCUT2D eigenvalue weighted by Crippen LogP contribution is 2.14. The van der Waals surface area contributed by atoms with Crippen LogP contribution in [0.2, 0.25) is 0 Å². The molecule has 0 radical (unpaired) electrons. The van der Waals surface area contributed by atoms with Crippen LogP contribution in [0.4, 0.5) is 5.69 Å². The van der Waals surface area contributed by atoms with Gasteiger partial charge in [0.25, 0.3) is 5.91 Å². The minimum atomic E-state index is -0.234. The van der Waals surface area contributed by atoms with E-state index < -0.39 is 0 Å². The highest BCUT2D eigenvalue weighted by Gasteiger charge is 2.12. The van der Waals surface area contributed by atoms with Gasteiger partial charge in [-0.05, 0) is 26.0 Å². The smallest absolute Gasteiger partial charge is 0.253 e. The third-order valence-electron chi connectivity index (χ3n) is 2.19. The van der Waals surface area contributed by atoms with E-state index in [9.17, 15) is 4.79 Å². The maximum atomic E-state index is 11.8. The molecule has 1 aromatic rings. The molecule has 0 heterocycles. The van der Waals surface area contributed by atoms with Gasteiger partial charge < -0.3 is 15.7 Å². The van der Waals surface area contributed by atoms with Gasteiger partial charge in [-0.25, -0.2) is 0 Å². The molecule has 0 bridgehead atoms. The summed E-state index contributed by atoms with van der Waals surface area (Å²) in [6.07, 6.45) is 0. The van der Waals surface area contributed by atoms with Crippen molar-refractivity contribution in [2.45, 2.75) is 19.9 Å². The van der Waals surface area contributed by atoms with E-state index >= 15 is 0 Å². The van der Waals surface area contributed by atoms with E-state index in [0.717, 1.165) is 12.2 Å². The molecule has 1 atom stereocenters. The van der Waals surface area contributed by atoms with Crippen molar-refractivity contribution in [3.8, 4) is 0 Å². The van der Waals surface area contributed by atoms with E-state index in [1.165, 1.54) is 0 Å². The van der Waals surface area contributed by atoms with Gasteiger partial charge in [0.15, 0.2) is 0 Å². The zero-order valence-electron chi connectivity index (χ0n) is 9.66. The Morgan fingerprint density at radius 2 is 2.12 bits per heavy atom. The second-order valence-electron chi connectivity index (χ2n) is 3.63. The largest absolute Gasteiger partial charge is 0.394 e. The molecule has 3 N–H and O–H groups in total. The number of carbonyl (C=O) groups is 1. The first-order valence-electron chi connectivity index (χ1n) is 5.43. The molecular weight excluding hydrogens is 204 g/mol. The van der Waals surface area contributed by atoms with Crippen LogP contribution in [0.15, 0.2) is 24.3 Å². The molecule has 0 fully saturated rings. The highest BCUT2D eigenvalue weighted by molar-refractivity contribution is 5.99. The zero-order valence-corrected chi connectivity index (χ0v) is 9.66. The normalized spacial score (nSPS) is 11.9. The van der Waals surface area contributed by atoms with Gasteiger partial charge in [-0.3, -0.25) is 4.79 Å². The number of amides is 1. The van der Waals surface area contributed by atoms with E-state index in [1.807, 2.05) is 25.1 Å². The quantitative estimate of drug-likeness (QED) is 0.702. The van der Waals surface area contributed by atoms with E-state index in [0.29, 0.717) is 5.56 Å². The minimum Gasteiger partial charge on any atom is -0.394 e. The monoisotopic (exact) mass is 222 g/mol. The molecule has 0 aliphatic heterocycles. The van der Waals surface area contributed by atoms with Crippen molar-refractivity contribution in [2.24, 2.45) is 0 Å². The van der Waals surface area contributed by atoms with Crippen molar-refractivity contribution in [1.82, 2.24) is 5.32 Å². The molecule has 16 heavy (non-hydrogen) atoms. The number of rotatable bonds is 5. The molecule has 1 aromatic carbocycles. The van der Waals surface area contributed by atoms with Gasteiger partial charge in [0.05, 0.1) is 12.2 Å². The molecule has 0 aliphatic carbocycles. The maximum absolute atomic E-state index is 11.8. The van der Waals surface area contributed by atoms with Gasteiger partial charge in [0, 0.05) is 18.3 Å². The second kappa shape index (κ2) is 6.12. The summed E-state index contributed by atoms with van der Waals surface area (Å²) in [4.78, 5) is 11.8. The molecule has 88 valence electrons. The number of benzene rings is 1. The lowest BCUT2D eigenvalue weighted by molar-refractivity contribution is 0.0923. The van der Waals surface area contributed by atoms with Crippen molar-refractivity contribution >= 4 is 11.6 Å². The van der Waals surface area contributed by atoms with Gasteiger partial charge in [0.2, 0.25) is 0 Å². The summed E-state index contributed by atoms with van der Waals surface area (Å²) in [6.45, 7) is 4.44. The van der Waals surface area contributed by atoms with Crippen molar-refractivity contribution in [1.29, 1.82) is 0 Å². The summed E-state index contributed by atoms with van der Waals surface area (Å²) in [5.74, 6) is -0.168. The second-order valence-corrected chi connectivity index (χ2v) is 3.63. The molecule has 0 saturated heterocycles. The van der Waals surface area contributed by atoms with Crippen molar-refractivity contribution in [2.75, 3.05) is 18.5 Å². The van der Waals surface area contributed by atoms with E-state index in [4.69, 9.17) is 5.11 Å². The average Bonchev–Trinajstić information content (AvgIpc) is 2.30. The Labute approximate surface area is 95.7 Å². The number of hydrogen-bond acceptors (Lipinski definition) is 3. The third kappa shape index (κ3) is 3.24. The number of carbonyl (C=O) groups excluding carboxylic acids is 1. The predicted octanol–water partition coefficient (Wildman–Crippen LogP) is 1.23. The Bertz CT molecular complexity index is 353. The van der Waals surface area contributed by atoms with Gasteiger partial charge in [-0.2, -0.15) is 0 Å². The van der Waals surface area contributed by atoms with E-state index in [2.05, 4.69) is 10.6 Å². The van der Waals surface area contributed by atoms with Crippen LogP contribution < -0.4 is 10.6 Å². The fourth-order valence-electron chi connectivity index (χ4n) is 1.37. The van der Waals surface area contributed by atoms with Gasteiger partial charge in [0.1, 0.15) is 0 Å². The maximum Gasteiger partial charge on any atom is 0.253 e. The number of nitrogens with one attached hydrogen (secondary N) is 2. The summed E-state index contributed by atoms with van der Waals surface area (Å²) in [5.41, 5.74) is 1.41. The SMILES string of the molecule is CCNc1ccccc1C(=O)NC(C)CO. The molecule has 0 aliphatic rings. The standard InChI is InChI=1S/C12H18N2O2/c1-3-13-11-7-5-4-6-10(11)12(16)14-9(2)8-15/h4-7,9,13,15H,3,8H2,1-2H3,(H,14,16). The average molecular weight is 222 g/mol. The first kappa shape index (κ1) is 12.5. The molecule has 0 spiro atoms. The topological polar surface area (TPSA) is 61.4 Å². The Balaban J connectivity index is 2.81. The number of aliphatic hydroxyl groups excluding tert-OH is 1. The third-order valence-corrected chi connectivity index (χ3v) is 2.19. The highest BCUT2D eigenvalue weighted by atomic mass is 16.3. The molecule has 1 amide bonds. The van der Waals surface area contributed by atoms with E-state index in [1.54, 1.807) is 13.0 Å². The van der Waals surface area contributed by atoms with Crippen LogP contribution in [0.25, 0.3) is 0 Å². The van der Waals surface area contributed by atoms with Crippen LogP contribution in [0.5, 0.6) is 0 Å². The number of anilines is 1. The van der Waals surface area contributed by atoms with Gasteiger partial charge in [-0.1, -0.05) is 12.1 Å². The molecule has 1 unspecified atom stereocenters.